The number of nitrogen functional groups attached to an aromatic ring is 1. The minimum absolute atomic E-state index is 0.164. The van der Waals surface area contributed by atoms with Crippen molar-refractivity contribution in [3.05, 3.63) is 33.4 Å². The molecule has 19 heavy (non-hydrogen) atoms. The molecule has 3 rings (SSSR count). The molecule has 0 saturated heterocycles. The zero-order chi connectivity index (χ0) is 13.6. The van der Waals surface area contributed by atoms with Crippen molar-refractivity contribution in [2.24, 2.45) is 0 Å². The predicted octanol–water partition coefficient (Wildman–Crippen LogP) is 1.59. The van der Waals surface area contributed by atoms with Crippen molar-refractivity contribution in [2.75, 3.05) is 5.73 Å². The molecule has 0 bridgehead atoms. The van der Waals surface area contributed by atoms with Crippen LogP contribution in [0.25, 0.3) is 0 Å². The molecule has 0 unspecified atom stereocenters. The summed E-state index contributed by atoms with van der Waals surface area (Å²) in [7, 11) is -3.49. The van der Waals surface area contributed by atoms with Gasteiger partial charge in [-0.05, 0) is 28.1 Å². The summed E-state index contributed by atoms with van der Waals surface area (Å²) in [4.78, 5) is 7.96. The lowest BCUT2D eigenvalue weighted by Gasteiger charge is -2.13. The summed E-state index contributed by atoms with van der Waals surface area (Å²) in [6.45, 7) is 0.521. The smallest absolute Gasteiger partial charge is 0.253 e. The van der Waals surface area contributed by atoms with E-state index < -0.39 is 10.0 Å². The second kappa shape index (κ2) is 4.51. The molecule has 3 heterocycles. The normalized spacial score (nSPS) is 15.6. The van der Waals surface area contributed by atoms with Gasteiger partial charge in [0.05, 0.1) is 16.0 Å². The van der Waals surface area contributed by atoms with Crippen LogP contribution in [-0.2, 0) is 23.1 Å². The number of hydrogen-bond acceptors (Lipinski definition) is 6. The van der Waals surface area contributed by atoms with Gasteiger partial charge in [0.15, 0.2) is 0 Å². The lowest BCUT2D eigenvalue weighted by Crippen LogP contribution is -2.24. The van der Waals surface area contributed by atoms with Crippen molar-refractivity contribution < 1.29 is 8.42 Å². The number of aromatic nitrogens is 2. The summed E-state index contributed by atoms with van der Waals surface area (Å²) in [6.07, 6.45) is 1.58. The minimum Gasteiger partial charge on any atom is -0.368 e. The molecule has 0 amide bonds. The fourth-order valence-corrected chi connectivity index (χ4v) is 5.42. The second-order valence-electron chi connectivity index (χ2n) is 4.03. The third-order valence-electron chi connectivity index (χ3n) is 2.79. The quantitative estimate of drug-likeness (QED) is 0.878. The topological polar surface area (TPSA) is 89.2 Å². The second-order valence-corrected chi connectivity index (χ2v) is 8.66. The van der Waals surface area contributed by atoms with Gasteiger partial charge in [-0.3, -0.25) is 0 Å². The minimum atomic E-state index is -3.49. The highest BCUT2D eigenvalue weighted by Crippen LogP contribution is 2.32. The van der Waals surface area contributed by atoms with Gasteiger partial charge < -0.3 is 5.73 Å². The lowest BCUT2D eigenvalue weighted by molar-refractivity contribution is 0.431. The van der Waals surface area contributed by atoms with Crippen LogP contribution in [0.1, 0.15) is 11.3 Å². The molecule has 1 aliphatic heterocycles. The average molecular weight is 361 g/mol. The van der Waals surface area contributed by atoms with Gasteiger partial charge in [0, 0.05) is 18.3 Å². The van der Waals surface area contributed by atoms with Gasteiger partial charge in [0.2, 0.25) is 5.95 Å². The van der Waals surface area contributed by atoms with E-state index in [2.05, 4.69) is 25.9 Å². The molecule has 1 aliphatic rings. The van der Waals surface area contributed by atoms with Crippen molar-refractivity contribution in [1.82, 2.24) is 14.3 Å². The van der Waals surface area contributed by atoms with Gasteiger partial charge in [-0.2, -0.15) is 4.31 Å². The summed E-state index contributed by atoms with van der Waals surface area (Å²) < 4.78 is 27.4. The molecule has 0 fully saturated rings. The van der Waals surface area contributed by atoms with Crippen molar-refractivity contribution in [3.63, 3.8) is 0 Å². The van der Waals surface area contributed by atoms with Crippen molar-refractivity contribution in [1.29, 1.82) is 0 Å². The average Bonchev–Trinajstić information content (AvgIpc) is 2.95. The SMILES string of the molecule is Nc1ncc2c(n1)CN(S(=O)(=O)c1ccc(Br)s1)C2. The van der Waals surface area contributed by atoms with Gasteiger partial charge in [-0.1, -0.05) is 0 Å². The molecule has 0 aromatic carbocycles. The Labute approximate surface area is 122 Å². The van der Waals surface area contributed by atoms with E-state index in [0.29, 0.717) is 9.90 Å². The third kappa shape index (κ3) is 2.27. The molecule has 0 radical (unpaired) electrons. The first kappa shape index (κ1) is 13.0. The van der Waals surface area contributed by atoms with Crippen LogP contribution in [-0.4, -0.2) is 22.7 Å². The van der Waals surface area contributed by atoms with Crippen LogP contribution in [0, 0.1) is 0 Å². The summed E-state index contributed by atoms with van der Waals surface area (Å²) in [5.74, 6) is 0.164. The van der Waals surface area contributed by atoms with Crippen LogP contribution < -0.4 is 5.73 Å². The van der Waals surface area contributed by atoms with Crippen molar-refractivity contribution >= 4 is 43.2 Å². The summed E-state index contributed by atoms with van der Waals surface area (Å²) in [5, 5.41) is 0. The molecule has 2 aromatic heterocycles. The number of nitrogens with two attached hydrogens (primary N) is 1. The van der Waals surface area contributed by atoms with Crippen molar-refractivity contribution in [3.8, 4) is 0 Å². The Hall–Kier alpha value is -1.03. The standard InChI is InChI=1S/C10H9BrN4O2S2/c11-8-1-2-9(18-8)19(16,17)15-4-6-3-13-10(12)14-7(6)5-15/h1-3H,4-5H2,(H2,12,13,14). The number of rotatable bonds is 2. The lowest BCUT2D eigenvalue weighted by atomic mass is 10.3. The molecule has 2 aromatic rings. The molecular formula is C10H9BrN4O2S2. The molecule has 6 nitrogen and oxygen atoms in total. The van der Waals surface area contributed by atoms with Gasteiger partial charge >= 0.3 is 0 Å². The maximum absolute atomic E-state index is 12.4. The Balaban J connectivity index is 1.94. The van der Waals surface area contributed by atoms with E-state index in [4.69, 9.17) is 5.73 Å². The largest absolute Gasteiger partial charge is 0.368 e. The van der Waals surface area contributed by atoms with E-state index in [1.54, 1.807) is 18.3 Å². The van der Waals surface area contributed by atoms with Crippen LogP contribution in [0.3, 0.4) is 0 Å². The van der Waals surface area contributed by atoms with E-state index in [1.165, 1.54) is 15.6 Å². The number of halogens is 1. The molecule has 9 heteroatoms. The Bertz CT molecular complexity index is 744. The summed E-state index contributed by atoms with van der Waals surface area (Å²) in [6, 6.07) is 3.31. The molecule has 2 N–H and O–H groups in total. The van der Waals surface area contributed by atoms with Crippen LogP contribution in [0.2, 0.25) is 0 Å². The van der Waals surface area contributed by atoms with Crippen LogP contribution in [0.5, 0.6) is 0 Å². The summed E-state index contributed by atoms with van der Waals surface area (Å²) >= 11 is 4.46. The maximum Gasteiger partial charge on any atom is 0.253 e. The first-order chi connectivity index (χ1) is 8.96. The van der Waals surface area contributed by atoms with E-state index in [9.17, 15) is 8.42 Å². The fraction of sp³-hybridized carbons (Fsp3) is 0.200. The predicted molar refractivity (Wildman–Crippen MR) is 74.9 cm³/mol. The Morgan fingerprint density at radius 2 is 2.16 bits per heavy atom. The maximum atomic E-state index is 12.4. The molecular weight excluding hydrogens is 352 g/mol. The zero-order valence-corrected chi connectivity index (χ0v) is 12.8. The first-order valence-electron chi connectivity index (χ1n) is 5.32. The highest BCUT2D eigenvalue weighted by molar-refractivity contribution is 9.11. The van der Waals surface area contributed by atoms with E-state index >= 15 is 0 Å². The van der Waals surface area contributed by atoms with Crippen LogP contribution in [0.4, 0.5) is 5.95 Å². The Morgan fingerprint density at radius 1 is 1.37 bits per heavy atom. The molecule has 0 spiro atoms. The van der Waals surface area contributed by atoms with E-state index in [1.807, 2.05) is 0 Å². The van der Waals surface area contributed by atoms with Gasteiger partial charge in [0.25, 0.3) is 10.0 Å². The Morgan fingerprint density at radius 3 is 2.84 bits per heavy atom. The number of thiophene rings is 1. The molecule has 100 valence electrons. The number of hydrogen-bond donors (Lipinski definition) is 1. The first-order valence-corrected chi connectivity index (χ1v) is 8.37. The van der Waals surface area contributed by atoms with E-state index in [0.717, 1.165) is 9.35 Å². The Kier molecular flexibility index (Phi) is 3.08. The summed E-state index contributed by atoms with van der Waals surface area (Å²) in [5.41, 5.74) is 6.98. The number of nitrogens with zero attached hydrogens (tertiary/aromatic N) is 3. The van der Waals surface area contributed by atoms with E-state index in [-0.39, 0.29) is 19.0 Å². The monoisotopic (exact) mass is 360 g/mol. The van der Waals surface area contributed by atoms with Gasteiger partial charge in [-0.25, -0.2) is 18.4 Å². The van der Waals surface area contributed by atoms with Crippen molar-refractivity contribution in [2.45, 2.75) is 17.3 Å². The van der Waals surface area contributed by atoms with Gasteiger partial charge in [-0.15, -0.1) is 11.3 Å². The molecule has 0 saturated carbocycles. The fourth-order valence-electron chi connectivity index (χ4n) is 1.87. The number of sulfonamides is 1. The van der Waals surface area contributed by atoms with Crippen LogP contribution >= 0.6 is 27.3 Å². The number of fused-ring (bicyclic) bond motifs is 1. The highest BCUT2D eigenvalue weighted by atomic mass is 79.9. The van der Waals surface area contributed by atoms with Crippen LogP contribution in [0.15, 0.2) is 26.3 Å². The number of anilines is 1. The highest BCUT2D eigenvalue weighted by Gasteiger charge is 2.32. The third-order valence-corrected chi connectivity index (χ3v) is 6.67. The molecule has 0 aliphatic carbocycles. The zero-order valence-electron chi connectivity index (χ0n) is 9.58. The van der Waals surface area contributed by atoms with Gasteiger partial charge in [0.1, 0.15) is 4.21 Å². The molecule has 0 atom stereocenters.